The highest BCUT2D eigenvalue weighted by molar-refractivity contribution is 7.89. The van der Waals surface area contributed by atoms with Crippen molar-refractivity contribution in [1.29, 1.82) is 0 Å². The van der Waals surface area contributed by atoms with Gasteiger partial charge in [-0.2, -0.15) is 0 Å². The number of carbonyl (C=O) groups is 1. The lowest BCUT2D eigenvalue weighted by molar-refractivity contribution is -0.121. The molecule has 1 aromatic carbocycles. The van der Waals surface area contributed by atoms with E-state index in [4.69, 9.17) is 9.47 Å². The van der Waals surface area contributed by atoms with Gasteiger partial charge in [0.25, 0.3) is 0 Å². The maximum absolute atomic E-state index is 12.0. The highest BCUT2D eigenvalue weighted by Crippen LogP contribution is 2.20. The molecule has 2 N–H and O–H groups in total. The molecule has 0 aliphatic rings. The van der Waals surface area contributed by atoms with Gasteiger partial charge in [0.05, 0.1) is 18.9 Å². The van der Waals surface area contributed by atoms with Gasteiger partial charge in [0.15, 0.2) is 0 Å². The highest BCUT2D eigenvalue weighted by Gasteiger charge is 2.18. The van der Waals surface area contributed by atoms with Crippen LogP contribution in [0.2, 0.25) is 0 Å². The van der Waals surface area contributed by atoms with Crippen molar-refractivity contribution in [1.82, 2.24) is 4.72 Å². The summed E-state index contributed by atoms with van der Waals surface area (Å²) in [5, 5.41) is 2.53. The molecule has 0 saturated carbocycles. The fraction of sp³-hybridized carbons (Fsp3) is 0.462. The van der Waals surface area contributed by atoms with Crippen molar-refractivity contribution in [2.45, 2.75) is 11.8 Å². The molecular weight excluding hydrogens is 296 g/mol. The number of carbonyl (C=O) groups excluding carboxylic acids is 1. The molecule has 118 valence electrons. The first kappa shape index (κ1) is 17.6. The van der Waals surface area contributed by atoms with Gasteiger partial charge in [-0.15, -0.1) is 0 Å². The van der Waals surface area contributed by atoms with Crippen molar-refractivity contribution in [2.24, 2.45) is 0 Å². The Labute approximate surface area is 124 Å². The second-order valence-electron chi connectivity index (χ2n) is 4.09. The maximum atomic E-state index is 12.0. The van der Waals surface area contributed by atoms with Gasteiger partial charge in [-0.1, -0.05) is 19.1 Å². The standard InChI is InChI=1S/C13H20N2O5S/c1-3-14-21(17,18)12-7-5-4-6-11(12)15-13(16)10-20-9-8-19-2/h4-7,14H,3,8-10H2,1-2H3,(H,15,16). The number of amides is 1. The molecule has 0 spiro atoms. The minimum Gasteiger partial charge on any atom is -0.382 e. The van der Waals surface area contributed by atoms with Crippen LogP contribution in [0.1, 0.15) is 6.92 Å². The number of rotatable bonds is 9. The van der Waals surface area contributed by atoms with Gasteiger partial charge in [-0.3, -0.25) is 4.79 Å². The summed E-state index contributed by atoms with van der Waals surface area (Å²) in [6.07, 6.45) is 0. The summed E-state index contributed by atoms with van der Waals surface area (Å²) in [6, 6.07) is 6.19. The zero-order valence-corrected chi connectivity index (χ0v) is 12.9. The fourth-order valence-electron chi connectivity index (χ4n) is 1.57. The Bertz CT molecular complexity index is 559. The molecule has 0 aliphatic heterocycles. The van der Waals surface area contributed by atoms with Crippen LogP contribution in [0.15, 0.2) is 29.2 Å². The van der Waals surface area contributed by atoms with Gasteiger partial charge >= 0.3 is 0 Å². The average Bonchev–Trinajstić information content (AvgIpc) is 2.44. The van der Waals surface area contributed by atoms with Crippen LogP contribution in [-0.2, 0) is 24.3 Å². The molecule has 0 bridgehead atoms. The predicted octanol–water partition coefficient (Wildman–Crippen LogP) is 0.586. The van der Waals surface area contributed by atoms with Crippen molar-refractivity contribution in [2.75, 3.05) is 38.8 Å². The van der Waals surface area contributed by atoms with E-state index < -0.39 is 15.9 Å². The van der Waals surface area contributed by atoms with E-state index in [1.54, 1.807) is 19.1 Å². The number of ether oxygens (including phenoxy) is 2. The summed E-state index contributed by atoms with van der Waals surface area (Å²) in [4.78, 5) is 11.7. The Hall–Kier alpha value is -1.48. The van der Waals surface area contributed by atoms with Crippen LogP contribution in [0.5, 0.6) is 0 Å². The summed E-state index contributed by atoms with van der Waals surface area (Å²) in [7, 11) is -2.11. The summed E-state index contributed by atoms with van der Waals surface area (Å²) < 4.78 is 36.3. The molecular formula is C13H20N2O5S. The number of hydrogen-bond acceptors (Lipinski definition) is 5. The summed E-state index contributed by atoms with van der Waals surface area (Å²) in [5.41, 5.74) is 0.221. The lowest BCUT2D eigenvalue weighted by Gasteiger charge is -2.12. The summed E-state index contributed by atoms with van der Waals surface area (Å²) in [6.45, 7) is 2.46. The first-order chi connectivity index (χ1) is 10.0. The van der Waals surface area contributed by atoms with Crippen molar-refractivity contribution in [3.8, 4) is 0 Å². The summed E-state index contributed by atoms with van der Waals surface area (Å²) in [5.74, 6) is -0.426. The quantitative estimate of drug-likeness (QED) is 0.650. The number of sulfonamides is 1. The van der Waals surface area contributed by atoms with E-state index in [0.717, 1.165) is 0 Å². The van der Waals surface area contributed by atoms with Crippen LogP contribution in [0.3, 0.4) is 0 Å². The van der Waals surface area contributed by atoms with Crippen LogP contribution in [-0.4, -0.2) is 47.8 Å². The SMILES string of the molecule is CCNS(=O)(=O)c1ccccc1NC(=O)COCCOC. The van der Waals surface area contributed by atoms with Crippen LogP contribution in [0.4, 0.5) is 5.69 Å². The molecule has 1 rings (SSSR count). The molecule has 0 fully saturated rings. The third-order valence-corrected chi connectivity index (χ3v) is 4.05. The maximum Gasteiger partial charge on any atom is 0.250 e. The molecule has 0 aliphatic carbocycles. The van der Waals surface area contributed by atoms with Crippen LogP contribution in [0.25, 0.3) is 0 Å². The van der Waals surface area contributed by atoms with Gasteiger partial charge in [-0.05, 0) is 12.1 Å². The van der Waals surface area contributed by atoms with Gasteiger partial charge in [-0.25, -0.2) is 13.1 Å². The van der Waals surface area contributed by atoms with E-state index in [1.807, 2.05) is 0 Å². The smallest absolute Gasteiger partial charge is 0.250 e. The molecule has 0 atom stereocenters. The van der Waals surface area contributed by atoms with Crippen LogP contribution in [0, 0.1) is 0 Å². The van der Waals surface area contributed by atoms with E-state index in [1.165, 1.54) is 19.2 Å². The summed E-state index contributed by atoms with van der Waals surface area (Å²) >= 11 is 0. The molecule has 8 heteroatoms. The third-order valence-electron chi connectivity index (χ3n) is 2.45. The molecule has 1 aromatic rings. The van der Waals surface area contributed by atoms with Gasteiger partial charge in [0.1, 0.15) is 11.5 Å². The Balaban J connectivity index is 2.73. The average molecular weight is 316 g/mol. The van der Waals surface area contributed by atoms with Gasteiger partial charge in [0, 0.05) is 13.7 Å². The number of benzene rings is 1. The predicted molar refractivity (Wildman–Crippen MR) is 78.6 cm³/mol. The molecule has 0 unspecified atom stereocenters. The van der Waals surface area contributed by atoms with E-state index in [9.17, 15) is 13.2 Å². The first-order valence-corrected chi connectivity index (χ1v) is 7.94. The topological polar surface area (TPSA) is 93.7 Å². The van der Waals surface area contributed by atoms with Gasteiger partial charge < -0.3 is 14.8 Å². The first-order valence-electron chi connectivity index (χ1n) is 6.46. The third kappa shape index (κ3) is 5.80. The second kappa shape index (κ2) is 8.73. The van der Waals surface area contributed by atoms with E-state index in [-0.39, 0.29) is 23.7 Å². The molecule has 0 radical (unpaired) electrons. The Kier molecular flexibility index (Phi) is 7.30. The number of anilines is 1. The molecule has 1 amide bonds. The van der Waals surface area contributed by atoms with Crippen molar-refractivity contribution < 1.29 is 22.7 Å². The number of hydrogen-bond donors (Lipinski definition) is 2. The largest absolute Gasteiger partial charge is 0.382 e. The minimum absolute atomic E-state index is 0.0251. The van der Waals surface area contributed by atoms with Crippen LogP contribution >= 0.6 is 0 Å². The molecule has 0 saturated heterocycles. The number of para-hydroxylation sites is 1. The molecule has 7 nitrogen and oxygen atoms in total. The van der Waals surface area contributed by atoms with E-state index in [2.05, 4.69) is 10.0 Å². The van der Waals surface area contributed by atoms with E-state index >= 15 is 0 Å². The Morgan fingerprint density at radius 2 is 1.95 bits per heavy atom. The molecule has 21 heavy (non-hydrogen) atoms. The normalized spacial score (nSPS) is 11.3. The lowest BCUT2D eigenvalue weighted by Crippen LogP contribution is -2.26. The zero-order chi connectivity index (χ0) is 15.7. The lowest BCUT2D eigenvalue weighted by atomic mass is 10.3. The molecule has 0 aromatic heterocycles. The Morgan fingerprint density at radius 3 is 2.62 bits per heavy atom. The number of methoxy groups -OCH3 is 1. The van der Waals surface area contributed by atoms with Crippen LogP contribution < -0.4 is 10.0 Å². The van der Waals surface area contributed by atoms with Gasteiger partial charge in [0.2, 0.25) is 15.9 Å². The fourth-order valence-corrected chi connectivity index (χ4v) is 2.77. The Morgan fingerprint density at radius 1 is 1.24 bits per heavy atom. The van der Waals surface area contributed by atoms with Crippen molar-refractivity contribution >= 4 is 21.6 Å². The number of nitrogens with one attached hydrogen (secondary N) is 2. The second-order valence-corrected chi connectivity index (χ2v) is 5.83. The van der Waals surface area contributed by atoms with E-state index in [0.29, 0.717) is 13.2 Å². The highest BCUT2D eigenvalue weighted by atomic mass is 32.2. The molecule has 0 heterocycles. The zero-order valence-electron chi connectivity index (χ0n) is 12.1. The minimum atomic E-state index is -3.64. The monoisotopic (exact) mass is 316 g/mol. The van der Waals surface area contributed by atoms with Crippen molar-refractivity contribution in [3.05, 3.63) is 24.3 Å². The van der Waals surface area contributed by atoms with Crippen molar-refractivity contribution in [3.63, 3.8) is 0 Å².